The van der Waals surface area contributed by atoms with Crippen LogP contribution in [0.5, 0.6) is 0 Å². The molecule has 3 atom stereocenters. The molecular weight excluding hydrogens is 679 g/mol. The van der Waals surface area contributed by atoms with E-state index in [1.54, 1.807) is 6.08 Å². The van der Waals surface area contributed by atoms with Crippen LogP contribution in [0.1, 0.15) is 251 Å². The van der Waals surface area contributed by atoms with E-state index in [1.807, 2.05) is 6.08 Å². The van der Waals surface area contributed by atoms with Crippen molar-refractivity contribution in [1.29, 1.82) is 0 Å². The van der Waals surface area contributed by atoms with Gasteiger partial charge in [0, 0.05) is 0 Å². The minimum atomic E-state index is -1.11. The van der Waals surface area contributed by atoms with Crippen LogP contribution in [0.2, 0.25) is 0 Å². The van der Waals surface area contributed by atoms with Gasteiger partial charge in [-0.15, -0.1) is 0 Å². The van der Waals surface area contributed by atoms with Gasteiger partial charge in [-0.1, -0.05) is 230 Å². The van der Waals surface area contributed by atoms with Gasteiger partial charge in [0.25, 0.3) is 0 Å². The third kappa shape index (κ3) is 40.6. The van der Waals surface area contributed by atoms with Crippen LogP contribution in [0.3, 0.4) is 0 Å². The summed E-state index contributed by atoms with van der Waals surface area (Å²) in [6, 6.07) is -0.816. The van der Waals surface area contributed by atoms with Gasteiger partial charge in [0.05, 0.1) is 18.8 Å². The molecule has 0 radical (unpaired) electrons. The van der Waals surface area contributed by atoms with Crippen molar-refractivity contribution in [2.75, 3.05) is 6.61 Å². The van der Waals surface area contributed by atoms with Crippen molar-refractivity contribution in [1.82, 2.24) is 5.32 Å². The molecule has 1 amide bonds. The van der Waals surface area contributed by atoms with Gasteiger partial charge < -0.3 is 20.6 Å². The molecule has 0 saturated heterocycles. The predicted octanol–water partition coefficient (Wildman–Crippen LogP) is 14.3. The van der Waals surface area contributed by atoms with Gasteiger partial charge in [0.1, 0.15) is 6.10 Å². The van der Waals surface area contributed by atoms with E-state index in [-0.39, 0.29) is 6.61 Å². The van der Waals surface area contributed by atoms with Crippen molar-refractivity contribution in [3.63, 3.8) is 0 Å². The molecule has 324 valence electrons. The second-order valence-electron chi connectivity index (χ2n) is 16.7. The Bertz CT molecular complexity index is 855. The third-order valence-electron chi connectivity index (χ3n) is 11.2. The van der Waals surface area contributed by atoms with Crippen molar-refractivity contribution in [3.8, 4) is 0 Å². The molecule has 0 aliphatic rings. The lowest BCUT2D eigenvalue weighted by Crippen LogP contribution is -2.48. The number of aliphatic hydroxyl groups excluding tert-OH is 3. The molecule has 0 aliphatic heterocycles. The fourth-order valence-electron chi connectivity index (χ4n) is 7.37. The second-order valence-corrected chi connectivity index (χ2v) is 16.7. The largest absolute Gasteiger partial charge is 0.394 e. The molecular formula is C50H95NO4. The maximum absolute atomic E-state index is 12.5. The van der Waals surface area contributed by atoms with Crippen molar-refractivity contribution in [3.05, 3.63) is 36.5 Å². The average Bonchev–Trinajstić information content (AvgIpc) is 3.19. The highest BCUT2D eigenvalue weighted by molar-refractivity contribution is 5.80. The molecule has 5 heteroatoms. The smallest absolute Gasteiger partial charge is 0.249 e. The van der Waals surface area contributed by atoms with Crippen LogP contribution in [0.25, 0.3) is 0 Å². The molecule has 0 rings (SSSR count). The predicted molar refractivity (Wildman–Crippen MR) is 241 cm³/mol. The molecule has 0 aliphatic carbocycles. The summed E-state index contributed by atoms with van der Waals surface area (Å²) in [5, 5.41) is 33.2. The Balaban J connectivity index is 3.67. The molecule has 0 fully saturated rings. The number of amides is 1. The van der Waals surface area contributed by atoms with Gasteiger partial charge in [0.15, 0.2) is 0 Å². The van der Waals surface area contributed by atoms with E-state index >= 15 is 0 Å². The number of allylic oxidation sites excluding steroid dienone is 5. The van der Waals surface area contributed by atoms with E-state index in [9.17, 15) is 20.1 Å². The van der Waals surface area contributed by atoms with E-state index in [2.05, 4.69) is 43.5 Å². The summed E-state index contributed by atoms with van der Waals surface area (Å²) in [6.45, 7) is 4.18. The van der Waals surface area contributed by atoms with Crippen LogP contribution in [-0.2, 0) is 4.79 Å². The van der Waals surface area contributed by atoms with Gasteiger partial charge in [-0.2, -0.15) is 0 Å². The zero-order chi connectivity index (χ0) is 40.1. The van der Waals surface area contributed by atoms with E-state index in [1.165, 1.54) is 193 Å². The molecule has 0 aromatic rings. The summed E-state index contributed by atoms with van der Waals surface area (Å²) in [6.07, 6.45) is 57.6. The first-order valence-corrected chi connectivity index (χ1v) is 24.3. The number of unbranched alkanes of at least 4 members (excludes halogenated alkanes) is 32. The molecule has 0 aromatic heterocycles. The quantitative estimate of drug-likeness (QED) is 0.0367. The first kappa shape index (κ1) is 53.6. The van der Waals surface area contributed by atoms with Crippen LogP contribution in [0.4, 0.5) is 0 Å². The summed E-state index contributed by atoms with van der Waals surface area (Å²) < 4.78 is 0. The summed E-state index contributed by atoms with van der Waals surface area (Å²) in [5.41, 5.74) is 0. The number of rotatable bonds is 44. The van der Waals surface area contributed by atoms with Gasteiger partial charge in [-0.05, 0) is 57.8 Å². The Kier molecular flexibility index (Phi) is 44.1. The number of carbonyl (C=O) groups excluding carboxylic acids is 1. The number of carbonyl (C=O) groups is 1. The molecule has 0 saturated carbocycles. The first-order valence-electron chi connectivity index (χ1n) is 24.3. The first-order chi connectivity index (χ1) is 27.1. The maximum Gasteiger partial charge on any atom is 0.249 e. The minimum Gasteiger partial charge on any atom is -0.394 e. The Labute approximate surface area is 343 Å². The van der Waals surface area contributed by atoms with Gasteiger partial charge in [-0.3, -0.25) is 4.79 Å². The normalized spacial score (nSPS) is 13.8. The highest BCUT2D eigenvalue weighted by Crippen LogP contribution is 2.15. The van der Waals surface area contributed by atoms with Gasteiger partial charge in [-0.25, -0.2) is 0 Å². The molecule has 0 aromatic carbocycles. The highest BCUT2D eigenvalue weighted by atomic mass is 16.3. The Morgan fingerprint density at radius 2 is 0.745 bits per heavy atom. The molecule has 55 heavy (non-hydrogen) atoms. The van der Waals surface area contributed by atoms with Crippen molar-refractivity contribution in [2.45, 2.75) is 270 Å². The standard InChI is InChI=1S/C50H95NO4/c1-3-5-7-9-11-13-15-17-19-21-23-24-25-26-27-29-31-33-35-37-39-41-43-45-49(54)50(55)51-47(46-52)48(53)44-42-40-38-36-34-32-30-28-22-20-18-16-14-12-10-8-6-4-2/h26-27,34,36,42,44,47-49,52-54H,3-25,28-33,35,37-41,43,45-46H2,1-2H3,(H,51,55)/b27-26-,36-34+,44-42+. The van der Waals surface area contributed by atoms with Crippen LogP contribution in [0.15, 0.2) is 36.5 Å². The number of nitrogens with one attached hydrogen (secondary N) is 1. The van der Waals surface area contributed by atoms with Crippen molar-refractivity contribution >= 4 is 5.91 Å². The van der Waals surface area contributed by atoms with Crippen molar-refractivity contribution in [2.24, 2.45) is 0 Å². The topological polar surface area (TPSA) is 89.8 Å². The highest BCUT2D eigenvalue weighted by Gasteiger charge is 2.22. The molecule has 0 heterocycles. The number of hydrogen-bond acceptors (Lipinski definition) is 4. The summed E-state index contributed by atoms with van der Waals surface area (Å²) in [4.78, 5) is 12.5. The SMILES string of the molecule is CCCCCCCCCCCCCC/C=C\CCCCCCCCCC(O)C(=O)NC(CO)C(O)/C=C/CC/C=C/CCCCCCCCCCCCCC. The van der Waals surface area contributed by atoms with Gasteiger partial charge >= 0.3 is 0 Å². The maximum atomic E-state index is 12.5. The van der Waals surface area contributed by atoms with Crippen LogP contribution >= 0.6 is 0 Å². The molecule has 4 N–H and O–H groups in total. The second kappa shape index (κ2) is 45.3. The number of aliphatic hydroxyl groups is 3. The van der Waals surface area contributed by atoms with Gasteiger partial charge in [0.2, 0.25) is 5.91 Å². The monoisotopic (exact) mass is 774 g/mol. The fraction of sp³-hybridized carbons (Fsp3) is 0.860. The average molecular weight is 774 g/mol. The molecule has 3 unspecified atom stereocenters. The lowest BCUT2D eigenvalue weighted by Gasteiger charge is -2.21. The summed E-state index contributed by atoms with van der Waals surface area (Å²) >= 11 is 0. The lowest BCUT2D eigenvalue weighted by atomic mass is 10.0. The molecule has 0 bridgehead atoms. The summed E-state index contributed by atoms with van der Waals surface area (Å²) in [7, 11) is 0. The van der Waals surface area contributed by atoms with Crippen molar-refractivity contribution < 1.29 is 20.1 Å². The fourth-order valence-corrected chi connectivity index (χ4v) is 7.37. The Hall–Kier alpha value is -1.43. The number of hydrogen-bond donors (Lipinski definition) is 4. The molecule has 0 spiro atoms. The summed E-state index contributed by atoms with van der Waals surface area (Å²) in [5.74, 6) is -0.515. The minimum absolute atomic E-state index is 0.377. The van der Waals surface area contributed by atoms with E-state index < -0.39 is 24.2 Å². The lowest BCUT2D eigenvalue weighted by molar-refractivity contribution is -0.131. The zero-order valence-corrected chi connectivity index (χ0v) is 36.8. The van der Waals surface area contributed by atoms with E-state index in [0.717, 1.165) is 38.5 Å². The van der Waals surface area contributed by atoms with Crippen LogP contribution in [-0.4, -0.2) is 46.1 Å². The third-order valence-corrected chi connectivity index (χ3v) is 11.2. The van der Waals surface area contributed by atoms with E-state index in [0.29, 0.717) is 6.42 Å². The van der Waals surface area contributed by atoms with E-state index in [4.69, 9.17) is 0 Å². The zero-order valence-electron chi connectivity index (χ0n) is 36.8. The van der Waals surface area contributed by atoms with Crippen LogP contribution in [0, 0.1) is 0 Å². The molecule has 5 nitrogen and oxygen atoms in total. The Morgan fingerprint density at radius 1 is 0.436 bits per heavy atom. The Morgan fingerprint density at radius 3 is 1.11 bits per heavy atom. The van der Waals surface area contributed by atoms with Crippen LogP contribution < -0.4 is 5.32 Å².